The van der Waals surface area contributed by atoms with Gasteiger partial charge in [0, 0.05) is 0 Å². The van der Waals surface area contributed by atoms with E-state index in [1.54, 1.807) is 0 Å². The van der Waals surface area contributed by atoms with Gasteiger partial charge in [-0.2, -0.15) is 0 Å². The van der Waals surface area contributed by atoms with Crippen molar-refractivity contribution in [3.8, 4) is 11.1 Å². The molecule has 0 unspecified atom stereocenters. The predicted molar refractivity (Wildman–Crippen MR) is 137 cm³/mol. The summed E-state index contributed by atoms with van der Waals surface area (Å²) in [5, 5.41) is 0. The summed E-state index contributed by atoms with van der Waals surface area (Å²) in [6.07, 6.45) is 17.2. The Hall–Kier alpha value is -3.12. The van der Waals surface area contributed by atoms with Gasteiger partial charge in [-0.15, -0.1) is 6.58 Å². The summed E-state index contributed by atoms with van der Waals surface area (Å²) in [5.41, 5.74) is 8.06. The third-order valence-electron chi connectivity index (χ3n) is 5.61. The Morgan fingerprint density at radius 3 is 1.45 bits per heavy atom. The molecular weight excluding hydrogens is 372 g/mol. The van der Waals surface area contributed by atoms with Crippen LogP contribution in [0.5, 0.6) is 0 Å². The normalized spacial score (nSPS) is 11.4. The minimum Gasteiger partial charge on any atom is -0.103 e. The summed E-state index contributed by atoms with van der Waals surface area (Å²) in [6, 6.07) is 26.9. The van der Waals surface area contributed by atoms with Crippen LogP contribution in [-0.2, 0) is 25.7 Å². The second-order valence-corrected chi connectivity index (χ2v) is 8.03. The summed E-state index contributed by atoms with van der Waals surface area (Å²) >= 11 is 0. The highest BCUT2D eigenvalue weighted by Crippen LogP contribution is 2.21. The summed E-state index contributed by atoms with van der Waals surface area (Å²) in [5.74, 6) is 0. The topological polar surface area (TPSA) is 0 Å². The zero-order chi connectivity index (χ0) is 21.7. The van der Waals surface area contributed by atoms with Crippen molar-refractivity contribution in [3.05, 3.63) is 132 Å². The first kappa shape index (κ1) is 22.6. The van der Waals surface area contributed by atoms with Crippen LogP contribution in [0.4, 0.5) is 0 Å². The van der Waals surface area contributed by atoms with Crippen LogP contribution in [0, 0.1) is 0 Å². The molecule has 0 heterocycles. The van der Waals surface area contributed by atoms with Crippen molar-refractivity contribution >= 4 is 0 Å². The number of benzene rings is 3. The van der Waals surface area contributed by atoms with E-state index in [0.717, 1.165) is 38.5 Å². The molecule has 0 saturated carbocycles. The molecule has 0 fully saturated rings. The Morgan fingerprint density at radius 1 is 0.548 bits per heavy atom. The van der Waals surface area contributed by atoms with E-state index in [-0.39, 0.29) is 0 Å². The molecule has 0 spiro atoms. The molecule has 0 bridgehead atoms. The van der Waals surface area contributed by atoms with Crippen molar-refractivity contribution in [1.29, 1.82) is 0 Å². The molecule has 3 aromatic carbocycles. The van der Waals surface area contributed by atoms with Crippen LogP contribution >= 0.6 is 0 Å². The number of allylic oxidation sites excluding steroid dienone is 5. The maximum Gasteiger partial charge on any atom is -0.00973 e. The fourth-order valence-corrected chi connectivity index (χ4v) is 3.66. The Balaban J connectivity index is 1.48. The van der Waals surface area contributed by atoms with Crippen molar-refractivity contribution in [3.63, 3.8) is 0 Å². The lowest BCUT2D eigenvalue weighted by atomic mass is 10.00. The van der Waals surface area contributed by atoms with E-state index in [2.05, 4.69) is 111 Å². The van der Waals surface area contributed by atoms with Crippen LogP contribution in [0.1, 0.15) is 42.0 Å². The molecule has 0 radical (unpaired) electrons. The van der Waals surface area contributed by atoms with Gasteiger partial charge in [-0.3, -0.25) is 0 Å². The second-order valence-electron chi connectivity index (χ2n) is 8.03. The molecular formula is C31H34. The number of hydrogen-bond acceptors (Lipinski definition) is 0. The lowest BCUT2D eigenvalue weighted by molar-refractivity contribution is 1.000. The van der Waals surface area contributed by atoms with Gasteiger partial charge in [0.25, 0.3) is 0 Å². The van der Waals surface area contributed by atoms with Crippen molar-refractivity contribution in [1.82, 2.24) is 0 Å². The second kappa shape index (κ2) is 12.5. The smallest absolute Gasteiger partial charge is 0.00973 e. The van der Waals surface area contributed by atoms with Gasteiger partial charge in [0.15, 0.2) is 0 Å². The van der Waals surface area contributed by atoms with Crippen molar-refractivity contribution < 1.29 is 0 Å². The maximum absolute atomic E-state index is 3.79. The quantitative estimate of drug-likeness (QED) is 0.281. The largest absolute Gasteiger partial charge is 0.103 e. The van der Waals surface area contributed by atoms with E-state index >= 15 is 0 Å². The first-order valence-electron chi connectivity index (χ1n) is 11.4. The molecule has 0 nitrogen and oxygen atoms in total. The predicted octanol–water partition coefficient (Wildman–Crippen LogP) is 8.32. The van der Waals surface area contributed by atoms with Gasteiger partial charge >= 0.3 is 0 Å². The molecule has 0 saturated heterocycles. The minimum absolute atomic E-state index is 0.974. The Kier molecular flexibility index (Phi) is 9.13. The zero-order valence-corrected chi connectivity index (χ0v) is 18.8. The summed E-state index contributed by atoms with van der Waals surface area (Å²) in [6.45, 7) is 5.87. The lowest BCUT2D eigenvalue weighted by Crippen LogP contribution is -1.87. The molecule has 0 aliphatic heterocycles. The molecule has 3 aromatic rings. The van der Waals surface area contributed by atoms with E-state index in [0.29, 0.717) is 0 Å². The van der Waals surface area contributed by atoms with Crippen LogP contribution in [0.15, 0.2) is 110 Å². The number of hydrogen-bond donors (Lipinski definition) is 0. The minimum atomic E-state index is 0.974. The van der Waals surface area contributed by atoms with E-state index < -0.39 is 0 Å². The highest BCUT2D eigenvalue weighted by molar-refractivity contribution is 5.64. The average Bonchev–Trinajstić information content (AvgIpc) is 2.82. The first-order chi connectivity index (χ1) is 15.3. The Labute approximate surface area is 188 Å². The maximum atomic E-state index is 3.79. The van der Waals surface area contributed by atoms with Crippen LogP contribution < -0.4 is 0 Å². The molecule has 158 valence electrons. The Bertz CT molecular complexity index is 968. The summed E-state index contributed by atoms with van der Waals surface area (Å²) in [7, 11) is 0. The van der Waals surface area contributed by atoms with E-state index in [1.165, 1.54) is 33.4 Å². The first-order valence-corrected chi connectivity index (χ1v) is 11.4. The van der Waals surface area contributed by atoms with Gasteiger partial charge in [0.2, 0.25) is 0 Å². The van der Waals surface area contributed by atoms with Crippen LogP contribution in [-0.4, -0.2) is 0 Å². The molecule has 0 aliphatic rings. The molecule has 0 aromatic heterocycles. The molecule has 0 atom stereocenters. The van der Waals surface area contributed by atoms with E-state index in [9.17, 15) is 0 Å². The molecule has 0 heteroatoms. The molecule has 0 N–H and O–H groups in total. The zero-order valence-electron chi connectivity index (χ0n) is 18.8. The highest BCUT2D eigenvalue weighted by atomic mass is 14.0. The van der Waals surface area contributed by atoms with Crippen LogP contribution in [0.3, 0.4) is 0 Å². The van der Waals surface area contributed by atoms with Crippen LogP contribution in [0.25, 0.3) is 11.1 Å². The van der Waals surface area contributed by atoms with Crippen LogP contribution in [0.2, 0.25) is 0 Å². The third-order valence-corrected chi connectivity index (χ3v) is 5.61. The molecule has 3 rings (SSSR count). The van der Waals surface area contributed by atoms with Gasteiger partial charge in [0.1, 0.15) is 0 Å². The van der Waals surface area contributed by atoms with Gasteiger partial charge in [-0.05, 0) is 78.8 Å². The third kappa shape index (κ3) is 7.57. The summed E-state index contributed by atoms with van der Waals surface area (Å²) < 4.78 is 0. The molecule has 0 amide bonds. The number of aryl methyl sites for hydroxylation is 2. The fraction of sp³-hybridized carbons (Fsp3) is 0.226. The van der Waals surface area contributed by atoms with E-state index in [1.807, 2.05) is 6.08 Å². The monoisotopic (exact) mass is 406 g/mol. The van der Waals surface area contributed by atoms with Gasteiger partial charge in [-0.1, -0.05) is 103 Å². The van der Waals surface area contributed by atoms with Gasteiger partial charge in [-0.25, -0.2) is 0 Å². The van der Waals surface area contributed by atoms with Gasteiger partial charge < -0.3 is 0 Å². The van der Waals surface area contributed by atoms with Crippen molar-refractivity contribution in [2.45, 2.75) is 45.4 Å². The summed E-state index contributed by atoms with van der Waals surface area (Å²) in [4.78, 5) is 0. The molecule has 0 aliphatic carbocycles. The van der Waals surface area contributed by atoms with E-state index in [4.69, 9.17) is 0 Å². The highest BCUT2D eigenvalue weighted by Gasteiger charge is 1.99. The lowest BCUT2D eigenvalue weighted by Gasteiger charge is -2.05. The SMILES string of the molecule is C=CCCc1ccc(C/C=C/Cc2ccc(-c3ccc(CC/C=C/C)cc3)cc2)cc1. The Morgan fingerprint density at radius 2 is 0.968 bits per heavy atom. The van der Waals surface area contributed by atoms with Gasteiger partial charge in [0.05, 0.1) is 0 Å². The average molecular weight is 407 g/mol. The standard InChI is InChI=1S/C31H34/c1-3-5-7-11-28-18-22-30(23-19-28)31-24-20-29(21-25-31)13-9-8-12-27-16-14-26(15-17-27)10-6-4-2/h3-5,8-9,14-25H,2,6-7,10-13H2,1H3/b5-3+,9-8+. The fourth-order valence-electron chi connectivity index (χ4n) is 3.66. The number of rotatable bonds is 11. The van der Waals surface area contributed by atoms with Crippen molar-refractivity contribution in [2.24, 2.45) is 0 Å². The van der Waals surface area contributed by atoms with Crippen molar-refractivity contribution in [2.75, 3.05) is 0 Å². The molecule has 31 heavy (non-hydrogen) atoms.